The molecule has 0 heterocycles. The fraction of sp³-hybridized carbons (Fsp3) is 0.125. The number of hydrogen-bond donors (Lipinski definition) is 0. The second-order valence-electron chi connectivity index (χ2n) is 5.98. The average Bonchev–Trinajstić information content (AvgIpc) is 2.75. The third-order valence-corrected chi connectivity index (χ3v) is 4.24. The molecule has 146 valence electrons. The van der Waals surface area contributed by atoms with Gasteiger partial charge in [0.25, 0.3) is 0 Å². The summed E-state index contributed by atoms with van der Waals surface area (Å²) < 4.78 is 11.2. The van der Waals surface area contributed by atoms with Gasteiger partial charge < -0.3 is 9.47 Å². The van der Waals surface area contributed by atoms with Crippen LogP contribution in [-0.2, 0) is 0 Å². The van der Waals surface area contributed by atoms with Crippen LogP contribution in [0.5, 0.6) is 11.5 Å². The van der Waals surface area contributed by atoms with E-state index in [1.807, 2.05) is 78.7 Å². The highest BCUT2D eigenvalue weighted by Crippen LogP contribution is 2.36. The maximum Gasteiger partial charge on any atom is 0.181 e. The summed E-state index contributed by atoms with van der Waals surface area (Å²) in [5.41, 5.74) is 2.67. The van der Waals surface area contributed by atoms with E-state index in [9.17, 15) is 0 Å². The number of ether oxygens (including phenoxy) is 2. The standard InChI is InChI=1S/C24H21ClN2O2/c1-3-15-29-24-22(25)16-19(17-23(24)28-4-2)18-26-27(20-11-7-5-8-12-20)21-13-9-6-10-14-21/h1,5-14,16-18H,4,15H2,2H3/b26-18-. The number of anilines is 2. The summed E-state index contributed by atoms with van der Waals surface area (Å²) in [7, 11) is 0. The lowest BCUT2D eigenvalue weighted by atomic mass is 10.2. The summed E-state index contributed by atoms with van der Waals surface area (Å²) in [6.07, 6.45) is 7.02. The molecule has 5 heteroatoms. The molecular formula is C24H21ClN2O2. The van der Waals surface area contributed by atoms with Crippen molar-refractivity contribution >= 4 is 29.2 Å². The second kappa shape index (κ2) is 10.2. The molecule has 3 aromatic rings. The Balaban J connectivity index is 1.96. The first-order valence-corrected chi connectivity index (χ1v) is 9.57. The molecule has 0 saturated carbocycles. The van der Waals surface area contributed by atoms with Crippen LogP contribution in [0.4, 0.5) is 11.4 Å². The molecule has 0 bridgehead atoms. The van der Waals surface area contributed by atoms with E-state index in [2.05, 4.69) is 11.0 Å². The summed E-state index contributed by atoms with van der Waals surface area (Å²) in [5, 5.41) is 6.96. The summed E-state index contributed by atoms with van der Waals surface area (Å²) in [4.78, 5) is 0. The van der Waals surface area contributed by atoms with Gasteiger partial charge >= 0.3 is 0 Å². The van der Waals surface area contributed by atoms with E-state index >= 15 is 0 Å². The summed E-state index contributed by atoms with van der Waals surface area (Å²) >= 11 is 6.41. The minimum Gasteiger partial charge on any atom is -0.490 e. The lowest BCUT2D eigenvalue weighted by Crippen LogP contribution is -2.09. The van der Waals surface area contributed by atoms with Gasteiger partial charge in [-0.1, -0.05) is 53.9 Å². The minimum atomic E-state index is 0.114. The highest BCUT2D eigenvalue weighted by atomic mass is 35.5. The fourth-order valence-electron chi connectivity index (χ4n) is 2.72. The molecular weight excluding hydrogens is 384 g/mol. The Bertz CT molecular complexity index is 959. The van der Waals surface area contributed by atoms with Gasteiger partial charge in [-0.15, -0.1) is 6.42 Å². The number of hydrazone groups is 1. The molecule has 0 aromatic heterocycles. The number of halogens is 1. The predicted octanol–water partition coefficient (Wildman–Crippen LogP) is 5.92. The van der Waals surface area contributed by atoms with E-state index in [-0.39, 0.29) is 6.61 Å². The Kier molecular flexibility index (Phi) is 7.16. The van der Waals surface area contributed by atoms with Gasteiger partial charge in [-0.2, -0.15) is 5.10 Å². The van der Waals surface area contributed by atoms with Crippen LogP contribution in [-0.4, -0.2) is 19.4 Å². The smallest absolute Gasteiger partial charge is 0.181 e. The summed E-state index contributed by atoms with van der Waals surface area (Å²) in [6.45, 7) is 2.48. The molecule has 0 unspecified atom stereocenters. The van der Waals surface area contributed by atoms with Crippen molar-refractivity contribution in [1.82, 2.24) is 0 Å². The van der Waals surface area contributed by atoms with Crippen molar-refractivity contribution in [2.45, 2.75) is 6.92 Å². The molecule has 0 spiro atoms. The van der Waals surface area contributed by atoms with Crippen molar-refractivity contribution in [3.63, 3.8) is 0 Å². The molecule has 0 N–H and O–H groups in total. The van der Waals surface area contributed by atoms with Gasteiger partial charge in [-0.05, 0) is 48.9 Å². The van der Waals surface area contributed by atoms with Crippen molar-refractivity contribution in [1.29, 1.82) is 0 Å². The zero-order valence-electron chi connectivity index (χ0n) is 16.1. The number of nitrogens with zero attached hydrogens (tertiary/aromatic N) is 2. The molecule has 29 heavy (non-hydrogen) atoms. The third-order valence-electron chi connectivity index (χ3n) is 3.96. The Morgan fingerprint density at radius 2 is 1.62 bits per heavy atom. The van der Waals surface area contributed by atoms with E-state index in [4.69, 9.17) is 27.5 Å². The number of para-hydroxylation sites is 2. The molecule has 0 amide bonds. The highest BCUT2D eigenvalue weighted by molar-refractivity contribution is 6.32. The molecule has 0 aliphatic heterocycles. The molecule has 0 aliphatic carbocycles. The molecule has 0 fully saturated rings. The maximum absolute atomic E-state index is 6.41. The van der Waals surface area contributed by atoms with Crippen LogP contribution >= 0.6 is 11.6 Å². The van der Waals surface area contributed by atoms with Crippen molar-refractivity contribution in [3.8, 4) is 23.8 Å². The Labute approximate surface area is 176 Å². The molecule has 0 saturated heterocycles. The van der Waals surface area contributed by atoms with Gasteiger partial charge in [-0.25, -0.2) is 5.01 Å². The van der Waals surface area contributed by atoms with Crippen LogP contribution in [0.25, 0.3) is 0 Å². The van der Waals surface area contributed by atoms with Gasteiger partial charge in [-0.3, -0.25) is 0 Å². The minimum absolute atomic E-state index is 0.114. The summed E-state index contributed by atoms with van der Waals surface area (Å²) in [5.74, 6) is 3.40. The third kappa shape index (κ3) is 5.31. The Hall–Kier alpha value is -3.42. The van der Waals surface area contributed by atoms with Crippen LogP contribution in [0, 0.1) is 12.3 Å². The normalized spacial score (nSPS) is 10.5. The molecule has 0 atom stereocenters. The monoisotopic (exact) mass is 404 g/mol. The van der Waals surface area contributed by atoms with Crippen LogP contribution in [0.1, 0.15) is 12.5 Å². The van der Waals surface area contributed by atoms with E-state index in [1.165, 1.54) is 0 Å². The lowest BCUT2D eigenvalue weighted by Gasteiger charge is -2.19. The van der Waals surface area contributed by atoms with Gasteiger partial charge in [0.2, 0.25) is 0 Å². The van der Waals surface area contributed by atoms with Crippen LogP contribution < -0.4 is 14.5 Å². The van der Waals surface area contributed by atoms with Gasteiger partial charge in [0.05, 0.1) is 29.2 Å². The lowest BCUT2D eigenvalue weighted by molar-refractivity contribution is 0.299. The molecule has 4 nitrogen and oxygen atoms in total. The average molecular weight is 405 g/mol. The predicted molar refractivity (Wildman–Crippen MR) is 120 cm³/mol. The number of terminal acetylenes is 1. The molecule has 0 aliphatic rings. The van der Waals surface area contributed by atoms with Gasteiger partial charge in [0.1, 0.15) is 6.61 Å². The number of hydrogen-bond acceptors (Lipinski definition) is 4. The van der Waals surface area contributed by atoms with E-state index < -0.39 is 0 Å². The zero-order chi connectivity index (χ0) is 20.5. The Morgan fingerprint density at radius 3 is 2.17 bits per heavy atom. The van der Waals surface area contributed by atoms with Crippen molar-refractivity contribution < 1.29 is 9.47 Å². The first kappa shape index (κ1) is 20.3. The van der Waals surface area contributed by atoms with Crippen molar-refractivity contribution in [2.75, 3.05) is 18.2 Å². The topological polar surface area (TPSA) is 34.1 Å². The van der Waals surface area contributed by atoms with E-state index in [0.29, 0.717) is 23.1 Å². The van der Waals surface area contributed by atoms with Crippen molar-refractivity contribution in [3.05, 3.63) is 83.4 Å². The van der Waals surface area contributed by atoms with Crippen LogP contribution in [0.3, 0.4) is 0 Å². The molecule has 0 radical (unpaired) electrons. The summed E-state index contributed by atoms with van der Waals surface area (Å²) in [6, 6.07) is 23.4. The quantitative estimate of drug-likeness (QED) is 0.265. The Morgan fingerprint density at radius 1 is 1.00 bits per heavy atom. The maximum atomic E-state index is 6.41. The van der Waals surface area contributed by atoms with Crippen LogP contribution in [0.15, 0.2) is 77.9 Å². The van der Waals surface area contributed by atoms with Crippen LogP contribution in [0.2, 0.25) is 5.02 Å². The molecule has 3 aromatic carbocycles. The van der Waals surface area contributed by atoms with Crippen molar-refractivity contribution in [2.24, 2.45) is 5.10 Å². The fourth-order valence-corrected chi connectivity index (χ4v) is 3.00. The van der Waals surface area contributed by atoms with Gasteiger partial charge in [0.15, 0.2) is 11.5 Å². The van der Waals surface area contributed by atoms with E-state index in [0.717, 1.165) is 16.9 Å². The zero-order valence-corrected chi connectivity index (χ0v) is 16.8. The van der Waals surface area contributed by atoms with Gasteiger partial charge in [0, 0.05) is 0 Å². The largest absolute Gasteiger partial charge is 0.490 e. The van der Waals surface area contributed by atoms with E-state index in [1.54, 1.807) is 12.3 Å². The second-order valence-corrected chi connectivity index (χ2v) is 6.39. The highest BCUT2D eigenvalue weighted by Gasteiger charge is 2.13. The first-order chi connectivity index (χ1) is 14.2. The number of benzene rings is 3. The SMILES string of the molecule is C#CCOc1c(Cl)cc(/C=N\N(c2ccccc2)c2ccccc2)cc1OCC. The first-order valence-electron chi connectivity index (χ1n) is 9.19. The number of rotatable bonds is 8. The molecule has 3 rings (SSSR count).